The van der Waals surface area contributed by atoms with E-state index in [0.29, 0.717) is 20.6 Å². The van der Waals surface area contributed by atoms with E-state index in [0.717, 1.165) is 5.56 Å². The first-order valence-electron chi connectivity index (χ1n) is 7.76. The number of rotatable bonds is 5. The molecule has 0 saturated carbocycles. The van der Waals surface area contributed by atoms with Crippen LogP contribution in [-0.4, -0.2) is 5.91 Å². The van der Waals surface area contributed by atoms with Crippen molar-refractivity contribution in [2.24, 2.45) is 0 Å². The van der Waals surface area contributed by atoms with Gasteiger partial charge in [-0.3, -0.25) is 4.79 Å². The lowest BCUT2D eigenvalue weighted by atomic mass is 10.1. The van der Waals surface area contributed by atoms with Crippen LogP contribution in [-0.2, 0) is 4.79 Å². The van der Waals surface area contributed by atoms with Gasteiger partial charge in [-0.25, -0.2) is 4.39 Å². The summed E-state index contributed by atoms with van der Waals surface area (Å²) in [5, 5.41) is 3.34. The molecule has 0 aromatic heterocycles. The number of anilines is 1. The molecule has 0 unspecified atom stereocenters. The number of thioether (sulfide) groups is 1. The molecule has 1 N–H and O–H groups in total. The molecule has 0 radical (unpaired) electrons. The number of hydrogen-bond acceptors (Lipinski definition) is 2. The van der Waals surface area contributed by atoms with Gasteiger partial charge in [0.25, 0.3) is 0 Å². The summed E-state index contributed by atoms with van der Waals surface area (Å²) in [6.45, 7) is 0. The van der Waals surface area contributed by atoms with Gasteiger partial charge in [-0.2, -0.15) is 0 Å². The van der Waals surface area contributed by atoms with E-state index in [9.17, 15) is 9.18 Å². The highest BCUT2D eigenvalue weighted by molar-refractivity contribution is 8.00. The topological polar surface area (TPSA) is 29.1 Å². The second-order valence-electron chi connectivity index (χ2n) is 5.48. The van der Waals surface area contributed by atoms with Gasteiger partial charge >= 0.3 is 0 Å². The van der Waals surface area contributed by atoms with Crippen LogP contribution in [0.2, 0.25) is 10.0 Å². The van der Waals surface area contributed by atoms with Crippen molar-refractivity contribution in [1.82, 2.24) is 0 Å². The van der Waals surface area contributed by atoms with E-state index in [1.807, 2.05) is 30.3 Å². The molecule has 3 aromatic rings. The molecule has 0 spiro atoms. The first-order valence-corrected chi connectivity index (χ1v) is 9.39. The molecule has 2 nitrogen and oxygen atoms in total. The zero-order valence-corrected chi connectivity index (χ0v) is 15.8. The fraction of sp³-hybridized carbons (Fsp3) is 0.0500. The van der Waals surface area contributed by atoms with E-state index >= 15 is 0 Å². The molecule has 0 saturated heterocycles. The second kappa shape index (κ2) is 8.58. The average Bonchev–Trinajstić information content (AvgIpc) is 2.65. The summed E-state index contributed by atoms with van der Waals surface area (Å²) in [6.07, 6.45) is 0. The van der Waals surface area contributed by atoms with Crippen molar-refractivity contribution >= 4 is 46.6 Å². The Morgan fingerprint density at radius 3 is 2.35 bits per heavy atom. The Bertz CT molecular complexity index is 903. The van der Waals surface area contributed by atoms with Crippen LogP contribution in [0, 0.1) is 5.82 Å². The zero-order valence-electron chi connectivity index (χ0n) is 13.5. The summed E-state index contributed by atoms with van der Waals surface area (Å²) in [7, 11) is 0. The van der Waals surface area contributed by atoms with Crippen molar-refractivity contribution in [3.63, 3.8) is 0 Å². The number of benzene rings is 3. The Kier molecular flexibility index (Phi) is 6.20. The summed E-state index contributed by atoms with van der Waals surface area (Å²) < 4.78 is 13.1. The molecule has 1 amide bonds. The lowest BCUT2D eigenvalue weighted by molar-refractivity contribution is -0.115. The molecule has 132 valence electrons. The van der Waals surface area contributed by atoms with Crippen LogP contribution in [0.4, 0.5) is 10.1 Å². The highest BCUT2D eigenvalue weighted by atomic mass is 35.5. The predicted octanol–water partition coefficient (Wildman–Crippen LogP) is 6.60. The third-order valence-electron chi connectivity index (χ3n) is 3.59. The van der Waals surface area contributed by atoms with Crippen molar-refractivity contribution in [1.29, 1.82) is 0 Å². The van der Waals surface area contributed by atoms with Crippen LogP contribution in [0.25, 0.3) is 0 Å². The molecule has 3 aromatic carbocycles. The number of amides is 1. The normalized spacial score (nSPS) is 11.8. The van der Waals surface area contributed by atoms with Crippen LogP contribution < -0.4 is 5.32 Å². The number of hydrogen-bond donors (Lipinski definition) is 1. The van der Waals surface area contributed by atoms with Gasteiger partial charge in [0.05, 0.1) is 5.02 Å². The Morgan fingerprint density at radius 2 is 1.65 bits per heavy atom. The molecule has 3 rings (SSSR count). The SMILES string of the molecule is O=C(Nc1ccc(F)cc1)[C@H](Sc1cc(Cl)ccc1Cl)c1ccccc1. The molecular formula is C20H14Cl2FNOS. The van der Waals surface area contributed by atoms with Gasteiger partial charge in [0.1, 0.15) is 11.1 Å². The van der Waals surface area contributed by atoms with Gasteiger partial charge in [0.2, 0.25) is 5.91 Å². The number of nitrogens with one attached hydrogen (secondary N) is 1. The molecule has 0 heterocycles. The summed E-state index contributed by atoms with van der Waals surface area (Å²) >= 11 is 13.6. The molecule has 0 aliphatic carbocycles. The maximum absolute atomic E-state index is 13.1. The van der Waals surface area contributed by atoms with Crippen molar-refractivity contribution in [2.45, 2.75) is 10.1 Å². The Morgan fingerprint density at radius 1 is 0.962 bits per heavy atom. The summed E-state index contributed by atoms with van der Waals surface area (Å²) in [5.74, 6) is -0.591. The van der Waals surface area contributed by atoms with Crippen LogP contribution in [0.1, 0.15) is 10.8 Å². The van der Waals surface area contributed by atoms with Crippen LogP contribution in [0.15, 0.2) is 77.7 Å². The Hall–Kier alpha value is -2.01. The van der Waals surface area contributed by atoms with Gasteiger partial charge in [0, 0.05) is 15.6 Å². The lowest BCUT2D eigenvalue weighted by Crippen LogP contribution is -2.19. The minimum absolute atomic E-state index is 0.233. The van der Waals surface area contributed by atoms with Gasteiger partial charge in [-0.05, 0) is 48.0 Å². The second-order valence-corrected chi connectivity index (χ2v) is 7.47. The highest BCUT2D eigenvalue weighted by Crippen LogP contribution is 2.40. The van der Waals surface area contributed by atoms with Gasteiger partial charge in [0.15, 0.2) is 0 Å². The monoisotopic (exact) mass is 405 g/mol. The fourth-order valence-corrected chi connectivity index (χ4v) is 3.91. The van der Waals surface area contributed by atoms with E-state index in [1.165, 1.54) is 36.0 Å². The molecule has 0 fully saturated rings. The molecule has 6 heteroatoms. The van der Waals surface area contributed by atoms with E-state index in [1.54, 1.807) is 18.2 Å². The van der Waals surface area contributed by atoms with E-state index in [4.69, 9.17) is 23.2 Å². The molecule has 26 heavy (non-hydrogen) atoms. The minimum atomic E-state index is -0.544. The van der Waals surface area contributed by atoms with E-state index in [-0.39, 0.29) is 11.7 Å². The quantitative estimate of drug-likeness (QED) is 0.484. The maximum Gasteiger partial charge on any atom is 0.242 e. The number of halogens is 3. The summed E-state index contributed by atoms with van der Waals surface area (Å²) in [6, 6.07) is 20.1. The van der Waals surface area contributed by atoms with E-state index < -0.39 is 5.25 Å². The van der Waals surface area contributed by atoms with Gasteiger partial charge in [-0.15, -0.1) is 11.8 Å². The number of carbonyl (C=O) groups excluding carboxylic acids is 1. The standard InChI is InChI=1S/C20H14Cl2FNOS/c21-14-6-11-17(22)18(12-14)26-19(13-4-2-1-3-5-13)20(25)24-16-9-7-15(23)8-10-16/h1-12,19H,(H,24,25)/t19-/m1/s1. The van der Waals surface area contributed by atoms with Gasteiger partial charge < -0.3 is 5.32 Å². The molecule has 0 aliphatic heterocycles. The summed E-state index contributed by atoms with van der Waals surface area (Å²) in [4.78, 5) is 13.6. The molecular weight excluding hydrogens is 392 g/mol. The van der Waals surface area contributed by atoms with Crippen molar-refractivity contribution in [2.75, 3.05) is 5.32 Å². The van der Waals surface area contributed by atoms with Crippen molar-refractivity contribution < 1.29 is 9.18 Å². The van der Waals surface area contributed by atoms with Crippen molar-refractivity contribution in [3.8, 4) is 0 Å². The third-order valence-corrected chi connectivity index (χ3v) is 5.58. The Labute approximate surface area is 165 Å². The molecule has 0 aliphatic rings. The third kappa shape index (κ3) is 4.79. The minimum Gasteiger partial charge on any atom is -0.325 e. The highest BCUT2D eigenvalue weighted by Gasteiger charge is 2.23. The average molecular weight is 406 g/mol. The first-order chi connectivity index (χ1) is 12.5. The van der Waals surface area contributed by atoms with Crippen LogP contribution in [0.3, 0.4) is 0 Å². The maximum atomic E-state index is 13.1. The predicted molar refractivity (Wildman–Crippen MR) is 107 cm³/mol. The van der Waals surface area contributed by atoms with Crippen LogP contribution in [0.5, 0.6) is 0 Å². The zero-order chi connectivity index (χ0) is 18.5. The van der Waals surface area contributed by atoms with Gasteiger partial charge in [-0.1, -0.05) is 53.5 Å². The first kappa shape index (κ1) is 18.8. The molecule has 1 atom stereocenters. The Balaban J connectivity index is 1.89. The van der Waals surface area contributed by atoms with E-state index in [2.05, 4.69) is 5.32 Å². The fourth-order valence-electron chi connectivity index (χ4n) is 2.34. The smallest absolute Gasteiger partial charge is 0.242 e. The molecule has 0 bridgehead atoms. The van der Waals surface area contributed by atoms with Crippen LogP contribution >= 0.6 is 35.0 Å². The number of carbonyl (C=O) groups is 1. The summed E-state index contributed by atoms with van der Waals surface area (Å²) in [5.41, 5.74) is 1.35. The lowest BCUT2D eigenvalue weighted by Gasteiger charge is -2.18. The van der Waals surface area contributed by atoms with Crippen molar-refractivity contribution in [3.05, 3.63) is 94.2 Å². The largest absolute Gasteiger partial charge is 0.325 e.